The van der Waals surface area contributed by atoms with Crippen LogP contribution in [-0.2, 0) is 0 Å². The van der Waals surface area contributed by atoms with E-state index in [0.29, 0.717) is 5.75 Å². The standard InChI is InChI=1S/C18H21FN2O3/c1-13(24-16-9-5-8-15(19)10-16)11-20-18(23)21-17(12-22)14-6-3-2-4-7-14/h2-10,13,17,22H,11-12H2,1H3,(H2,20,21,23). The predicted molar refractivity (Wildman–Crippen MR) is 89.3 cm³/mol. The quantitative estimate of drug-likeness (QED) is 0.730. The van der Waals surface area contributed by atoms with Crippen LogP contribution >= 0.6 is 0 Å². The lowest BCUT2D eigenvalue weighted by molar-refractivity contribution is 0.198. The fourth-order valence-electron chi connectivity index (χ4n) is 2.18. The molecule has 0 aliphatic carbocycles. The number of halogens is 1. The second-order valence-electron chi connectivity index (χ2n) is 5.39. The zero-order valence-corrected chi connectivity index (χ0v) is 13.4. The summed E-state index contributed by atoms with van der Waals surface area (Å²) in [5, 5.41) is 14.8. The summed E-state index contributed by atoms with van der Waals surface area (Å²) in [5.41, 5.74) is 0.819. The predicted octanol–water partition coefficient (Wildman–Crippen LogP) is 2.63. The first kappa shape index (κ1) is 17.7. The Bertz CT molecular complexity index is 652. The Hall–Kier alpha value is -2.60. The van der Waals surface area contributed by atoms with E-state index in [2.05, 4.69) is 10.6 Å². The number of amides is 2. The number of urea groups is 1. The smallest absolute Gasteiger partial charge is 0.315 e. The molecule has 0 radical (unpaired) electrons. The maximum Gasteiger partial charge on any atom is 0.315 e. The first-order valence-corrected chi connectivity index (χ1v) is 7.71. The second-order valence-corrected chi connectivity index (χ2v) is 5.39. The third-order valence-corrected chi connectivity index (χ3v) is 3.37. The van der Waals surface area contributed by atoms with Gasteiger partial charge in [0.1, 0.15) is 17.7 Å². The molecule has 0 aromatic heterocycles. The van der Waals surface area contributed by atoms with Crippen molar-refractivity contribution in [2.75, 3.05) is 13.2 Å². The Morgan fingerprint density at radius 2 is 1.96 bits per heavy atom. The Kier molecular flexibility index (Phi) is 6.57. The maximum absolute atomic E-state index is 13.1. The van der Waals surface area contributed by atoms with Gasteiger partial charge in [-0.3, -0.25) is 0 Å². The highest BCUT2D eigenvalue weighted by molar-refractivity contribution is 5.74. The fourth-order valence-corrected chi connectivity index (χ4v) is 2.18. The minimum absolute atomic E-state index is 0.202. The van der Waals surface area contributed by atoms with Gasteiger partial charge >= 0.3 is 6.03 Å². The number of nitrogens with one attached hydrogen (secondary N) is 2. The summed E-state index contributed by atoms with van der Waals surface area (Å²) < 4.78 is 18.6. The van der Waals surface area contributed by atoms with Crippen molar-refractivity contribution in [2.45, 2.75) is 19.1 Å². The van der Waals surface area contributed by atoms with Crippen LogP contribution in [0.4, 0.5) is 9.18 Å². The van der Waals surface area contributed by atoms with E-state index in [1.54, 1.807) is 19.1 Å². The highest BCUT2D eigenvalue weighted by Gasteiger charge is 2.14. The van der Waals surface area contributed by atoms with Crippen LogP contribution in [0, 0.1) is 5.82 Å². The normalized spacial score (nSPS) is 13.0. The zero-order valence-electron chi connectivity index (χ0n) is 13.4. The third-order valence-electron chi connectivity index (χ3n) is 3.37. The lowest BCUT2D eigenvalue weighted by atomic mass is 10.1. The number of aliphatic hydroxyl groups is 1. The number of rotatable bonds is 7. The molecular weight excluding hydrogens is 311 g/mol. The number of hydrogen-bond donors (Lipinski definition) is 3. The average Bonchev–Trinajstić information content (AvgIpc) is 2.58. The van der Waals surface area contributed by atoms with Crippen LogP contribution in [0.1, 0.15) is 18.5 Å². The van der Waals surface area contributed by atoms with Crippen LogP contribution in [0.25, 0.3) is 0 Å². The van der Waals surface area contributed by atoms with Crippen molar-refractivity contribution in [1.29, 1.82) is 0 Å². The van der Waals surface area contributed by atoms with Gasteiger partial charge in [-0.25, -0.2) is 9.18 Å². The average molecular weight is 332 g/mol. The highest BCUT2D eigenvalue weighted by atomic mass is 19.1. The molecule has 3 N–H and O–H groups in total. The zero-order chi connectivity index (χ0) is 17.4. The van der Waals surface area contributed by atoms with E-state index in [1.807, 2.05) is 30.3 Å². The highest BCUT2D eigenvalue weighted by Crippen LogP contribution is 2.14. The third kappa shape index (κ3) is 5.55. The Morgan fingerprint density at radius 3 is 2.62 bits per heavy atom. The van der Waals surface area contributed by atoms with Crippen molar-refractivity contribution in [3.05, 3.63) is 66.0 Å². The minimum atomic E-state index is -0.481. The topological polar surface area (TPSA) is 70.6 Å². The molecule has 0 heterocycles. The lowest BCUT2D eigenvalue weighted by Crippen LogP contribution is -2.42. The van der Waals surface area contributed by atoms with Crippen LogP contribution in [-0.4, -0.2) is 30.4 Å². The first-order valence-electron chi connectivity index (χ1n) is 7.71. The molecule has 2 rings (SSSR count). The van der Waals surface area contributed by atoms with Crippen molar-refractivity contribution < 1.29 is 19.0 Å². The minimum Gasteiger partial charge on any atom is -0.489 e. The Morgan fingerprint density at radius 1 is 1.21 bits per heavy atom. The number of ether oxygens (including phenoxy) is 1. The molecule has 0 bridgehead atoms. The number of carbonyl (C=O) groups is 1. The molecule has 0 saturated carbocycles. The fraction of sp³-hybridized carbons (Fsp3) is 0.278. The molecule has 2 atom stereocenters. The molecule has 2 amide bonds. The monoisotopic (exact) mass is 332 g/mol. The van der Waals surface area contributed by atoms with Gasteiger partial charge in [0.25, 0.3) is 0 Å². The molecule has 2 unspecified atom stereocenters. The van der Waals surface area contributed by atoms with Gasteiger partial charge in [-0.15, -0.1) is 0 Å². The molecule has 128 valence electrons. The van der Waals surface area contributed by atoms with Crippen LogP contribution in [0.15, 0.2) is 54.6 Å². The van der Waals surface area contributed by atoms with Crippen molar-refractivity contribution >= 4 is 6.03 Å². The second kappa shape index (κ2) is 8.88. The molecule has 0 spiro atoms. The van der Waals surface area contributed by atoms with Gasteiger partial charge in [-0.1, -0.05) is 36.4 Å². The lowest BCUT2D eigenvalue weighted by Gasteiger charge is -2.19. The summed E-state index contributed by atoms with van der Waals surface area (Å²) in [7, 11) is 0. The van der Waals surface area contributed by atoms with Crippen LogP contribution in [0.5, 0.6) is 5.75 Å². The van der Waals surface area contributed by atoms with Gasteiger partial charge in [-0.05, 0) is 24.6 Å². The summed E-state index contributed by atoms with van der Waals surface area (Å²) in [6.45, 7) is 1.81. The van der Waals surface area contributed by atoms with Gasteiger partial charge < -0.3 is 20.5 Å². The van der Waals surface area contributed by atoms with E-state index in [4.69, 9.17) is 4.74 Å². The SMILES string of the molecule is CC(CNC(=O)NC(CO)c1ccccc1)Oc1cccc(F)c1. The van der Waals surface area contributed by atoms with Gasteiger partial charge in [0.05, 0.1) is 19.2 Å². The van der Waals surface area contributed by atoms with E-state index < -0.39 is 12.1 Å². The molecule has 0 saturated heterocycles. The molecule has 0 aliphatic heterocycles. The van der Waals surface area contributed by atoms with Crippen molar-refractivity contribution in [3.8, 4) is 5.75 Å². The first-order chi connectivity index (χ1) is 11.6. The molecule has 0 fully saturated rings. The summed E-state index contributed by atoms with van der Waals surface area (Å²) in [6, 6.07) is 14.1. The molecule has 0 aliphatic rings. The summed E-state index contributed by atoms with van der Waals surface area (Å²) in [4.78, 5) is 11.9. The number of benzene rings is 2. The molecule has 6 heteroatoms. The van der Waals surface area contributed by atoms with Crippen LogP contribution in [0.2, 0.25) is 0 Å². The van der Waals surface area contributed by atoms with Crippen LogP contribution in [0.3, 0.4) is 0 Å². The number of hydrogen-bond acceptors (Lipinski definition) is 3. The largest absolute Gasteiger partial charge is 0.489 e. The molecule has 24 heavy (non-hydrogen) atoms. The van der Waals surface area contributed by atoms with E-state index in [-0.39, 0.29) is 25.1 Å². The van der Waals surface area contributed by atoms with E-state index >= 15 is 0 Å². The summed E-state index contributed by atoms with van der Waals surface area (Å²) in [5.74, 6) is 0.0290. The van der Waals surface area contributed by atoms with E-state index in [1.165, 1.54) is 12.1 Å². The van der Waals surface area contributed by atoms with E-state index in [9.17, 15) is 14.3 Å². The van der Waals surface area contributed by atoms with Gasteiger partial charge in [0, 0.05) is 6.07 Å². The summed E-state index contributed by atoms with van der Waals surface area (Å²) >= 11 is 0. The van der Waals surface area contributed by atoms with E-state index in [0.717, 1.165) is 5.56 Å². The maximum atomic E-state index is 13.1. The van der Waals surface area contributed by atoms with Gasteiger partial charge in [0.2, 0.25) is 0 Å². The molecule has 2 aromatic rings. The van der Waals surface area contributed by atoms with Gasteiger partial charge in [0.15, 0.2) is 0 Å². The van der Waals surface area contributed by atoms with Crippen molar-refractivity contribution in [3.63, 3.8) is 0 Å². The van der Waals surface area contributed by atoms with Crippen molar-refractivity contribution in [2.24, 2.45) is 0 Å². The Labute approximate surface area is 140 Å². The molecule has 5 nitrogen and oxygen atoms in total. The Balaban J connectivity index is 1.79. The molecule has 2 aromatic carbocycles. The van der Waals surface area contributed by atoms with Crippen LogP contribution < -0.4 is 15.4 Å². The number of carbonyl (C=O) groups excluding carboxylic acids is 1. The molecular formula is C18H21FN2O3. The van der Waals surface area contributed by atoms with Gasteiger partial charge in [-0.2, -0.15) is 0 Å². The summed E-state index contributed by atoms with van der Waals surface area (Å²) in [6.07, 6.45) is -0.332. The van der Waals surface area contributed by atoms with Crippen molar-refractivity contribution in [1.82, 2.24) is 10.6 Å². The number of aliphatic hydroxyl groups excluding tert-OH is 1.